The SMILES string of the molecule is O=C(O)NCc1ccc(NC(=O)/C=C/c2ccc(-c3ccc(Cl)cc3)cc2)cc1. The molecule has 0 unspecified atom stereocenters. The molecule has 5 nitrogen and oxygen atoms in total. The fourth-order valence-electron chi connectivity index (χ4n) is 2.67. The van der Waals surface area contributed by atoms with Crippen molar-refractivity contribution in [3.05, 3.63) is 95.0 Å². The van der Waals surface area contributed by atoms with E-state index in [2.05, 4.69) is 10.6 Å². The molecule has 0 heterocycles. The summed E-state index contributed by atoms with van der Waals surface area (Å²) in [7, 11) is 0. The highest BCUT2D eigenvalue weighted by molar-refractivity contribution is 6.30. The monoisotopic (exact) mass is 406 g/mol. The van der Waals surface area contributed by atoms with E-state index in [0.29, 0.717) is 10.7 Å². The Hall–Kier alpha value is -3.57. The summed E-state index contributed by atoms with van der Waals surface area (Å²) in [4.78, 5) is 22.6. The van der Waals surface area contributed by atoms with E-state index in [1.54, 1.807) is 30.3 Å². The molecule has 29 heavy (non-hydrogen) atoms. The van der Waals surface area contributed by atoms with E-state index in [4.69, 9.17) is 16.7 Å². The van der Waals surface area contributed by atoms with Gasteiger partial charge in [0.05, 0.1) is 0 Å². The van der Waals surface area contributed by atoms with Crippen molar-refractivity contribution in [3.8, 4) is 11.1 Å². The molecule has 3 aromatic carbocycles. The van der Waals surface area contributed by atoms with E-state index in [-0.39, 0.29) is 12.5 Å². The molecule has 3 N–H and O–H groups in total. The first-order valence-electron chi connectivity index (χ1n) is 8.90. The first-order valence-corrected chi connectivity index (χ1v) is 9.28. The van der Waals surface area contributed by atoms with Crippen LogP contribution >= 0.6 is 11.6 Å². The second kappa shape index (κ2) is 9.57. The molecule has 0 aliphatic carbocycles. The molecule has 0 fully saturated rings. The van der Waals surface area contributed by atoms with Gasteiger partial charge in [0.15, 0.2) is 0 Å². The van der Waals surface area contributed by atoms with Gasteiger partial charge in [-0.2, -0.15) is 0 Å². The van der Waals surface area contributed by atoms with Gasteiger partial charge in [-0.15, -0.1) is 0 Å². The van der Waals surface area contributed by atoms with Crippen molar-refractivity contribution in [3.63, 3.8) is 0 Å². The third kappa shape index (κ3) is 6.23. The van der Waals surface area contributed by atoms with Crippen LogP contribution in [0.15, 0.2) is 78.9 Å². The van der Waals surface area contributed by atoms with Crippen molar-refractivity contribution in [2.24, 2.45) is 0 Å². The second-order valence-electron chi connectivity index (χ2n) is 6.31. The van der Waals surface area contributed by atoms with Crippen LogP contribution < -0.4 is 10.6 Å². The largest absolute Gasteiger partial charge is 0.465 e. The van der Waals surface area contributed by atoms with Gasteiger partial charge >= 0.3 is 6.09 Å². The van der Waals surface area contributed by atoms with Gasteiger partial charge in [-0.1, -0.05) is 60.1 Å². The highest BCUT2D eigenvalue weighted by atomic mass is 35.5. The summed E-state index contributed by atoms with van der Waals surface area (Å²) < 4.78 is 0. The Morgan fingerprint density at radius 1 is 0.862 bits per heavy atom. The first-order chi connectivity index (χ1) is 14.0. The molecule has 0 aromatic heterocycles. The molecule has 0 bridgehead atoms. The number of halogens is 1. The third-order valence-corrected chi connectivity index (χ3v) is 4.43. The number of benzene rings is 3. The first kappa shape index (κ1) is 20.2. The van der Waals surface area contributed by atoms with Crippen LogP contribution in [-0.2, 0) is 11.3 Å². The maximum absolute atomic E-state index is 12.1. The van der Waals surface area contributed by atoms with Crippen molar-refractivity contribution in [2.45, 2.75) is 6.54 Å². The number of hydrogen-bond donors (Lipinski definition) is 3. The van der Waals surface area contributed by atoms with Gasteiger partial charge in [0.25, 0.3) is 0 Å². The number of carbonyl (C=O) groups is 2. The molecule has 0 aliphatic rings. The smallest absolute Gasteiger partial charge is 0.404 e. The molecule has 0 saturated carbocycles. The number of nitrogens with one attached hydrogen (secondary N) is 2. The number of anilines is 1. The minimum absolute atomic E-state index is 0.218. The maximum atomic E-state index is 12.1. The molecule has 0 saturated heterocycles. The highest BCUT2D eigenvalue weighted by Crippen LogP contribution is 2.22. The van der Waals surface area contributed by atoms with Crippen LogP contribution in [-0.4, -0.2) is 17.1 Å². The average Bonchev–Trinajstić information content (AvgIpc) is 2.73. The molecular formula is C23H19ClN2O3. The van der Waals surface area contributed by atoms with Crippen LogP contribution in [0, 0.1) is 0 Å². The molecule has 0 spiro atoms. The number of amides is 2. The lowest BCUT2D eigenvalue weighted by atomic mass is 10.0. The van der Waals surface area contributed by atoms with Crippen molar-refractivity contribution in [1.82, 2.24) is 5.32 Å². The van der Waals surface area contributed by atoms with E-state index in [0.717, 1.165) is 22.3 Å². The Bertz CT molecular complexity index is 1010. The van der Waals surface area contributed by atoms with Crippen LogP contribution in [0.2, 0.25) is 5.02 Å². The van der Waals surface area contributed by atoms with Crippen molar-refractivity contribution in [1.29, 1.82) is 0 Å². The maximum Gasteiger partial charge on any atom is 0.404 e. The molecular weight excluding hydrogens is 388 g/mol. The van der Waals surface area contributed by atoms with Gasteiger partial charge in [0.2, 0.25) is 5.91 Å². The summed E-state index contributed by atoms with van der Waals surface area (Å²) in [5.41, 5.74) is 4.50. The van der Waals surface area contributed by atoms with E-state index >= 15 is 0 Å². The van der Waals surface area contributed by atoms with E-state index in [1.165, 1.54) is 6.08 Å². The molecule has 3 aromatic rings. The minimum Gasteiger partial charge on any atom is -0.465 e. The molecule has 0 atom stereocenters. The minimum atomic E-state index is -1.08. The van der Waals surface area contributed by atoms with Crippen LogP contribution in [0.5, 0.6) is 0 Å². The lowest BCUT2D eigenvalue weighted by molar-refractivity contribution is -0.111. The summed E-state index contributed by atoms with van der Waals surface area (Å²) in [5.74, 6) is -0.247. The van der Waals surface area contributed by atoms with Crippen molar-refractivity contribution >= 4 is 35.4 Å². The van der Waals surface area contributed by atoms with E-state index in [1.807, 2.05) is 48.5 Å². The van der Waals surface area contributed by atoms with Gasteiger partial charge in [0, 0.05) is 23.3 Å². The Morgan fingerprint density at radius 2 is 1.45 bits per heavy atom. The summed E-state index contributed by atoms with van der Waals surface area (Å²) >= 11 is 5.92. The van der Waals surface area contributed by atoms with Gasteiger partial charge in [-0.3, -0.25) is 4.79 Å². The zero-order chi connectivity index (χ0) is 20.6. The lowest BCUT2D eigenvalue weighted by Gasteiger charge is -2.05. The van der Waals surface area contributed by atoms with Crippen LogP contribution in [0.1, 0.15) is 11.1 Å². The Kier molecular flexibility index (Phi) is 6.66. The molecule has 3 rings (SSSR count). The topological polar surface area (TPSA) is 78.4 Å². The van der Waals surface area contributed by atoms with E-state index in [9.17, 15) is 9.59 Å². The normalized spacial score (nSPS) is 10.7. The van der Waals surface area contributed by atoms with Gasteiger partial charge in [-0.05, 0) is 52.6 Å². The predicted molar refractivity (Wildman–Crippen MR) is 116 cm³/mol. The van der Waals surface area contributed by atoms with Crippen LogP contribution in [0.3, 0.4) is 0 Å². The number of carbonyl (C=O) groups excluding carboxylic acids is 1. The average molecular weight is 407 g/mol. The summed E-state index contributed by atoms with van der Waals surface area (Å²) in [6.07, 6.45) is 2.14. The third-order valence-electron chi connectivity index (χ3n) is 4.18. The lowest BCUT2D eigenvalue weighted by Crippen LogP contribution is -2.19. The van der Waals surface area contributed by atoms with Gasteiger partial charge in [-0.25, -0.2) is 4.79 Å². The highest BCUT2D eigenvalue weighted by Gasteiger charge is 2.01. The second-order valence-corrected chi connectivity index (χ2v) is 6.74. The number of carboxylic acid groups (broad SMARTS) is 1. The van der Waals surface area contributed by atoms with Crippen LogP contribution in [0.25, 0.3) is 17.2 Å². The fourth-order valence-corrected chi connectivity index (χ4v) is 2.79. The Morgan fingerprint density at radius 3 is 2.03 bits per heavy atom. The summed E-state index contributed by atoms with van der Waals surface area (Å²) in [6.45, 7) is 0.218. The zero-order valence-electron chi connectivity index (χ0n) is 15.4. The van der Waals surface area contributed by atoms with Crippen molar-refractivity contribution < 1.29 is 14.7 Å². The summed E-state index contributed by atoms with van der Waals surface area (Å²) in [6, 6.07) is 22.5. The van der Waals surface area contributed by atoms with Crippen molar-refractivity contribution in [2.75, 3.05) is 5.32 Å². The van der Waals surface area contributed by atoms with E-state index < -0.39 is 6.09 Å². The Labute approximate surface area is 173 Å². The van der Waals surface area contributed by atoms with Gasteiger partial charge < -0.3 is 15.7 Å². The zero-order valence-corrected chi connectivity index (χ0v) is 16.2. The standard InChI is InChI=1S/C23H19ClN2O3/c24-20-10-8-19(9-11-20)18-6-1-16(2-7-18)5-14-22(27)26-21-12-3-17(4-13-21)15-25-23(28)29/h1-14,25H,15H2,(H,26,27)(H,28,29)/b14-5+. The number of hydrogen-bond acceptors (Lipinski definition) is 2. The molecule has 2 amide bonds. The predicted octanol–water partition coefficient (Wildman–Crippen LogP) is 5.43. The molecule has 6 heteroatoms. The quantitative estimate of drug-likeness (QED) is 0.478. The van der Waals surface area contributed by atoms with Gasteiger partial charge in [0.1, 0.15) is 0 Å². The Balaban J connectivity index is 1.56. The molecule has 0 radical (unpaired) electrons. The fraction of sp³-hybridized carbons (Fsp3) is 0.0435. The molecule has 146 valence electrons. The van der Waals surface area contributed by atoms with Crippen LogP contribution in [0.4, 0.5) is 10.5 Å². The number of rotatable bonds is 6. The molecule has 0 aliphatic heterocycles. The summed E-state index contributed by atoms with van der Waals surface area (Å²) in [5, 5.41) is 14.4.